The van der Waals surface area contributed by atoms with Gasteiger partial charge in [0.05, 0.1) is 0 Å². The van der Waals surface area contributed by atoms with Gasteiger partial charge in [0.1, 0.15) is 11.4 Å². The van der Waals surface area contributed by atoms with Crippen molar-refractivity contribution in [1.82, 2.24) is 10.6 Å². The molecule has 8 nitrogen and oxygen atoms in total. The average Bonchev–Trinajstić information content (AvgIpc) is 2.76. The van der Waals surface area contributed by atoms with E-state index in [1.54, 1.807) is 32.9 Å². The smallest absolute Gasteiger partial charge is 0.407 e. The van der Waals surface area contributed by atoms with Crippen molar-refractivity contribution in [3.05, 3.63) is 59.7 Å². The minimum absolute atomic E-state index is 0.110. The van der Waals surface area contributed by atoms with Crippen molar-refractivity contribution in [2.45, 2.75) is 52.7 Å². The molecule has 0 aliphatic carbocycles. The third-order valence-corrected chi connectivity index (χ3v) is 4.50. The predicted octanol–water partition coefficient (Wildman–Crippen LogP) is 3.80. The molecule has 0 saturated carbocycles. The van der Waals surface area contributed by atoms with Crippen LogP contribution < -0.4 is 20.7 Å². The molecule has 3 N–H and O–H groups in total. The number of benzene rings is 2. The highest BCUT2D eigenvalue weighted by atomic mass is 16.6. The van der Waals surface area contributed by atoms with Crippen molar-refractivity contribution >= 4 is 23.6 Å². The zero-order valence-electron chi connectivity index (χ0n) is 19.7. The number of anilines is 1. The predicted molar refractivity (Wildman–Crippen MR) is 127 cm³/mol. The number of hydrogen-bond acceptors (Lipinski definition) is 5. The lowest BCUT2D eigenvalue weighted by Crippen LogP contribution is -2.35. The summed E-state index contributed by atoms with van der Waals surface area (Å²) in [5.74, 6) is 0.170. The van der Waals surface area contributed by atoms with Crippen LogP contribution in [0.15, 0.2) is 48.5 Å². The Morgan fingerprint density at radius 1 is 0.879 bits per heavy atom. The van der Waals surface area contributed by atoms with Gasteiger partial charge < -0.3 is 25.4 Å². The van der Waals surface area contributed by atoms with E-state index in [2.05, 4.69) is 16.0 Å². The fraction of sp³-hybridized carbons (Fsp3) is 0.400. The van der Waals surface area contributed by atoms with Crippen molar-refractivity contribution in [1.29, 1.82) is 0 Å². The van der Waals surface area contributed by atoms with Gasteiger partial charge in [0.2, 0.25) is 5.91 Å². The van der Waals surface area contributed by atoms with Gasteiger partial charge >= 0.3 is 6.09 Å². The lowest BCUT2D eigenvalue weighted by Gasteiger charge is -2.19. The molecular formula is C25H33N3O5. The highest BCUT2D eigenvalue weighted by Gasteiger charge is 2.16. The van der Waals surface area contributed by atoms with Crippen molar-refractivity contribution in [2.24, 2.45) is 0 Å². The van der Waals surface area contributed by atoms with Gasteiger partial charge in [-0.2, -0.15) is 0 Å². The first-order valence-corrected chi connectivity index (χ1v) is 11.0. The van der Waals surface area contributed by atoms with Gasteiger partial charge in [0.15, 0.2) is 6.61 Å². The first-order chi connectivity index (χ1) is 15.7. The zero-order chi connectivity index (χ0) is 24.3. The minimum Gasteiger partial charge on any atom is -0.483 e. The van der Waals surface area contributed by atoms with E-state index in [9.17, 15) is 14.4 Å². The fourth-order valence-corrected chi connectivity index (χ4v) is 2.94. The summed E-state index contributed by atoms with van der Waals surface area (Å²) in [6.45, 7) is 7.62. The lowest BCUT2D eigenvalue weighted by atomic mass is 10.1. The number of hydrogen-bond donors (Lipinski definition) is 3. The van der Waals surface area contributed by atoms with Crippen LogP contribution in [0.5, 0.6) is 5.75 Å². The zero-order valence-corrected chi connectivity index (χ0v) is 19.7. The van der Waals surface area contributed by atoms with E-state index in [0.717, 1.165) is 17.5 Å². The number of aryl methyl sites for hydroxylation is 1. The summed E-state index contributed by atoms with van der Waals surface area (Å²) in [7, 11) is 0. The number of para-hydroxylation sites is 2. The van der Waals surface area contributed by atoms with E-state index in [1.165, 1.54) is 0 Å². The summed E-state index contributed by atoms with van der Waals surface area (Å²) in [5.41, 5.74) is 1.80. The Hall–Kier alpha value is -3.55. The Morgan fingerprint density at radius 3 is 2.24 bits per heavy atom. The molecule has 0 atom stereocenters. The molecule has 0 fully saturated rings. The molecule has 0 aliphatic rings. The second kappa shape index (κ2) is 12.5. The second-order valence-electron chi connectivity index (χ2n) is 8.41. The summed E-state index contributed by atoms with van der Waals surface area (Å²) < 4.78 is 10.8. The molecule has 0 heterocycles. The number of amides is 3. The highest BCUT2D eigenvalue weighted by molar-refractivity contribution is 5.92. The SMILES string of the molecule is CCc1ccccc1OCC(=O)Nc1ccccc1CNC(=O)CCNC(=O)OC(C)(C)C. The maximum absolute atomic E-state index is 12.4. The maximum Gasteiger partial charge on any atom is 0.407 e. The van der Waals surface area contributed by atoms with Gasteiger partial charge in [-0.15, -0.1) is 0 Å². The average molecular weight is 456 g/mol. The minimum atomic E-state index is -0.592. The molecule has 0 saturated heterocycles. The quantitative estimate of drug-likeness (QED) is 0.505. The molecule has 0 bridgehead atoms. The number of ether oxygens (including phenoxy) is 2. The molecule has 33 heavy (non-hydrogen) atoms. The van der Waals surface area contributed by atoms with Crippen LogP contribution in [0.25, 0.3) is 0 Å². The third kappa shape index (κ3) is 9.64. The van der Waals surface area contributed by atoms with Crippen molar-refractivity contribution in [2.75, 3.05) is 18.5 Å². The molecule has 0 aromatic heterocycles. The molecule has 2 aromatic rings. The molecule has 2 rings (SSSR count). The van der Waals surface area contributed by atoms with Crippen LogP contribution in [0.4, 0.5) is 10.5 Å². The standard InChI is InChI=1S/C25H33N3O5/c1-5-18-10-7-9-13-21(18)32-17-23(30)28-20-12-8-6-11-19(20)16-27-22(29)14-15-26-24(31)33-25(2,3)4/h6-13H,5,14-17H2,1-4H3,(H,26,31)(H,27,29)(H,28,30). The number of carbonyl (C=O) groups excluding carboxylic acids is 3. The maximum atomic E-state index is 12.4. The van der Waals surface area contributed by atoms with Gasteiger partial charge in [-0.05, 0) is 50.5 Å². The molecule has 3 amide bonds. The van der Waals surface area contributed by atoms with Crippen molar-refractivity contribution < 1.29 is 23.9 Å². The van der Waals surface area contributed by atoms with Crippen LogP contribution >= 0.6 is 0 Å². The molecule has 0 aliphatic heterocycles. The van der Waals surface area contributed by atoms with Crippen LogP contribution in [0.2, 0.25) is 0 Å². The van der Waals surface area contributed by atoms with Gasteiger partial charge in [-0.1, -0.05) is 43.3 Å². The normalized spacial score (nSPS) is 10.8. The summed E-state index contributed by atoms with van der Waals surface area (Å²) >= 11 is 0. The van der Waals surface area contributed by atoms with Crippen LogP contribution in [0.3, 0.4) is 0 Å². The van der Waals surface area contributed by atoms with Gasteiger partial charge in [0.25, 0.3) is 5.91 Å². The molecule has 0 spiro atoms. The largest absolute Gasteiger partial charge is 0.483 e. The van der Waals surface area contributed by atoms with Crippen LogP contribution in [-0.4, -0.2) is 36.7 Å². The van der Waals surface area contributed by atoms with Gasteiger partial charge in [-0.25, -0.2) is 4.79 Å². The van der Waals surface area contributed by atoms with E-state index < -0.39 is 11.7 Å². The van der Waals surface area contributed by atoms with E-state index in [0.29, 0.717) is 11.4 Å². The van der Waals surface area contributed by atoms with Crippen LogP contribution in [0.1, 0.15) is 45.2 Å². The summed E-state index contributed by atoms with van der Waals surface area (Å²) in [5, 5.41) is 8.18. The Balaban J connectivity index is 1.80. The highest BCUT2D eigenvalue weighted by Crippen LogP contribution is 2.19. The first kappa shape index (κ1) is 25.7. The molecule has 8 heteroatoms. The molecule has 2 aromatic carbocycles. The Labute approximate surface area is 195 Å². The Kier molecular flexibility index (Phi) is 9.72. The van der Waals surface area contributed by atoms with Crippen LogP contribution in [-0.2, 0) is 27.3 Å². The van der Waals surface area contributed by atoms with E-state index in [1.807, 2.05) is 43.3 Å². The Bertz CT molecular complexity index is 953. The monoisotopic (exact) mass is 455 g/mol. The van der Waals surface area contributed by atoms with Gasteiger partial charge in [0, 0.05) is 25.2 Å². The van der Waals surface area contributed by atoms with Gasteiger partial charge in [-0.3, -0.25) is 9.59 Å². The van der Waals surface area contributed by atoms with Crippen molar-refractivity contribution in [3.63, 3.8) is 0 Å². The lowest BCUT2D eigenvalue weighted by molar-refractivity contribution is -0.121. The second-order valence-corrected chi connectivity index (χ2v) is 8.41. The number of nitrogens with one attached hydrogen (secondary N) is 3. The molecular weight excluding hydrogens is 422 g/mol. The number of rotatable bonds is 10. The summed E-state index contributed by atoms with van der Waals surface area (Å²) in [4.78, 5) is 36.2. The van der Waals surface area contributed by atoms with Crippen molar-refractivity contribution in [3.8, 4) is 5.75 Å². The third-order valence-electron chi connectivity index (χ3n) is 4.50. The van der Waals surface area contributed by atoms with E-state index >= 15 is 0 Å². The number of carbonyl (C=O) groups is 3. The fourth-order valence-electron chi connectivity index (χ4n) is 2.94. The Morgan fingerprint density at radius 2 is 1.55 bits per heavy atom. The molecule has 0 radical (unpaired) electrons. The summed E-state index contributed by atoms with van der Waals surface area (Å²) in [6, 6.07) is 14.8. The van der Waals surface area contributed by atoms with E-state index in [4.69, 9.17) is 9.47 Å². The number of alkyl carbamates (subject to hydrolysis) is 1. The van der Waals surface area contributed by atoms with Crippen LogP contribution in [0, 0.1) is 0 Å². The molecule has 0 unspecified atom stereocenters. The van der Waals surface area contributed by atoms with E-state index in [-0.39, 0.29) is 37.9 Å². The summed E-state index contributed by atoms with van der Waals surface area (Å²) in [6.07, 6.45) is 0.360. The first-order valence-electron chi connectivity index (χ1n) is 11.0. The topological polar surface area (TPSA) is 106 Å². The molecule has 178 valence electrons.